The van der Waals surface area contributed by atoms with E-state index in [1.165, 1.54) is 11.1 Å². The largest absolute Gasteiger partial charge is 0.325 e. The second kappa shape index (κ2) is 5.50. The lowest BCUT2D eigenvalue weighted by Gasteiger charge is -2.16. The molecule has 0 spiro atoms. The van der Waals surface area contributed by atoms with Gasteiger partial charge in [-0.25, -0.2) is 0 Å². The van der Waals surface area contributed by atoms with Crippen LogP contribution in [0, 0.1) is 5.92 Å². The van der Waals surface area contributed by atoms with Gasteiger partial charge in [0.25, 0.3) is 0 Å². The topological polar surface area (TPSA) is 58.4 Å². The van der Waals surface area contributed by atoms with Crippen LogP contribution in [0.15, 0.2) is 18.2 Å². The van der Waals surface area contributed by atoms with Gasteiger partial charge in [-0.2, -0.15) is 0 Å². The molecule has 1 aliphatic rings. The van der Waals surface area contributed by atoms with Gasteiger partial charge < -0.3 is 11.1 Å². The molecule has 4 nitrogen and oxygen atoms in total. The molecule has 0 radical (unpaired) electrons. The minimum atomic E-state index is -0.146. The highest BCUT2D eigenvalue weighted by atomic mass is 16.1. The molecular weight excluding hydrogens is 226 g/mol. The molecule has 0 aliphatic carbocycles. The second-order valence-electron chi connectivity index (χ2n) is 5.30. The molecule has 98 valence electrons. The summed E-state index contributed by atoms with van der Waals surface area (Å²) >= 11 is 0. The van der Waals surface area contributed by atoms with E-state index in [0.717, 1.165) is 25.3 Å². The van der Waals surface area contributed by atoms with Crippen molar-refractivity contribution in [3.8, 4) is 0 Å². The van der Waals surface area contributed by atoms with Gasteiger partial charge in [-0.3, -0.25) is 9.69 Å². The van der Waals surface area contributed by atoms with Crippen molar-refractivity contribution in [3.05, 3.63) is 29.3 Å². The van der Waals surface area contributed by atoms with Crippen LogP contribution in [0.5, 0.6) is 0 Å². The Balaban J connectivity index is 2.05. The third-order valence-electron chi connectivity index (χ3n) is 3.09. The third-order valence-corrected chi connectivity index (χ3v) is 3.09. The van der Waals surface area contributed by atoms with Crippen LogP contribution >= 0.6 is 0 Å². The minimum absolute atomic E-state index is 0.0244. The summed E-state index contributed by atoms with van der Waals surface area (Å²) in [5.74, 6) is 0.530. The van der Waals surface area contributed by atoms with Gasteiger partial charge in [-0.05, 0) is 29.2 Å². The van der Waals surface area contributed by atoms with Gasteiger partial charge in [-0.15, -0.1) is 0 Å². The predicted molar refractivity (Wildman–Crippen MR) is 73.1 cm³/mol. The van der Waals surface area contributed by atoms with E-state index in [1.807, 2.05) is 6.07 Å². The normalized spacial score (nSPS) is 14.9. The molecule has 0 aromatic heterocycles. The summed E-state index contributed by atoms with van der Waals surface area (Å²) in [4.78, 5) is 13.7. The van der Waals surface area contributed by atoms with Crippen molar-refractivity contribution in [2.45, 2.75) is 26.9 Å². The van der Waals surface area contributed by atoms with Gasteiger partial charge in [0.1, 0.15) is 0 Å². The van der Waals surface area contributed by atoms with Crippen LogP contribution in [0.4, 0.5) is 5.69 Å². The first-order chi connectivity index (χ1) is 8.58. The molecule has 0 bridgehead atoms. The average molecular weight is 247 g/mol. The van der Waals surface area contributed by atoms with Crippen LogP contribution in [0.3, 0.4) is 0 Å². The summed E-state index contributed by atoms with van der Waals surface area (Å²) in [5.41, 5.74) is 8.81. The van der Waals surface area contributed by atoms with Crippen molar-refractivity contribution in [1.82, 2.24) is 4.90 Å². The van der Waals surface area contributed by atoms with E-state index in [4.69, 9.17) is 5.73 Å². The van der Waals surface area contributed by atoms with E-state index in [2.05, 4.69) is 36.2 Å². The van der Waals surface area contributed by atoms with Crippen LogP contribution in [0.25, 0.3) is 0 Å². The number of carbonyl (C=O) groups is 1. The van der Waals surface area contributed by atoms with Gasteiger partial charge >= 0.3 is 0 Å². The predicted octanol–water partition coefficient (Wildman–Crippen LogP) is 1.56. The zero-order valence-electron chi connectivity index (χ0n) is 11.1. The number of nitrogens with two attached hydrogens (primary N) is 1. The fourth-order valence-corrected chi connectivity index (χ4v) is 2.40. The quantitative estimate of drug-likeness (QED) is 0.849. The lowest BCUT2D eigenvalue weighted by molar-refractivity contribution is -0.114. The summed E-state index contributed by atoms with van der Waals surface area (Å²) in [6.45, 7) is 7.58. The molecule has 0 atom stereocenters. The molecule has 1 aromatic rings. The number of amides is 1. The highest BCUT2D eigenvalue weighted by molar-refractivity contribution is 5.92. The highest BCUT2D eigenvalue weighted by Gasteiger charge is 2.19. The Hall–Kier alpha value is -1.39. The molecule has 18 heavy (non-hydrogen) atoms. The van der Waals surface area contributed by atoms with Crippen LogP contribution in [0.1, 0.15) is 25.0 Å². The van der Waals surface area contributed by atoms with E-state index < -0.39 is 0 Å². The number of anilines is 1. The first-order valence-electron chi connectivity index (χ1n) is 6.42. The second-order valence-corrected chi connectivity index (χ2v) is 5.30. The van der Waals surface area contributed by atoms with E-state index in [0.29, 0.717) is 5.92 Å². The maximum absolute atomic E-state index is 11.2. The number of fused-ring (bicyclic) bond motifs is 1. The fourth-order valence-electron chi connectivity index (χ4n) is 2.40. The zero-order valence-corrected chi connectivity index (χ0v) is 11.1. The van der Waals surface area contributed by atoms with Crippen LogP contribution in [0.2, 0.25) is 0 Å². The molecule has 2 rings (SSSR count). The maximum atomic E-state index is 11.2. The minimum Gasteiger partial charge on any atom is -0.325 e. The number of nitrogens with one attached hydrogen (secondary N) is 1. The molecule has 1 amide bonds. The molecule has 4 heteroatoms. The van der Waals surface area contributed by atoms with E-state index in [1.54, 1.807) is 0 Å². The van der Waals surface area contributed by atoms with Crippen molar-refractivity contribution in [2.75, 3.05) is 18.4 Å². The lowest BCUT2D eigenvalue weighted by Crippen LogP contribution is -2.22. The SMILES string of the molecule is CC(C)CN1Cc2ccc(NC(=O)CN)cc2C1. The van der Waals surface area contributed by atoms with Crippen LogP contribution < -0.4 is 11.1 Å². The molecule has 0 saturated carbocycles. The van der Waals surface area contributed by atoms with Gasteiger partial charge in [0.05, 0.1) is 6.54 Å². The van der Waals surface area contributed by atoms with Crippen molar-refractivity contribution in [2.24, 2.45) is 11.7 Å². The number of carbonyl (C=O) groups excluding carboxylic acids is 1. The summed E-state index contributed by atoms with van der Waals surface area (Å²) in [6, 6.07) is 6.11. The summed E-state index contributed by atoms with van der Waals surface area (Å²) in [7, 11) is 0. The first-order valence-corrected chi connectivity index (χ1v) is 6.42. The number of rotatable bonds is 4. The number of benzene rings is 1. The van der Waals surface area contributed by atoms with Crippen molar-refractivity contribution < 1.29 is 4.79 Å². The van der Waals surface area contributed by atoms with Crippen LogP contribution in [-0.2, 0) is 17.9 Å². The highest BCUT2D eigenvalue weighted by Crippen LogP contribution is 2.26. The monoisotopic (exact) mass is 247 g/mol. The summed E-state index contributed by atoms with van der Waals surface area (Å²) in [6.07, 6.45) is 0. The molecule has 0 saturated heterocycles. The Morgan fingerprint density at radius 1 is 1.39 bits per heavy atom. The number of hydrogen-bond acceptors (Lipinski definition) is 3. The Kier molecular flexibility index (Phi) is 3.99. The molecular formula is C14H21N3O. The smallest absolute Gasteiger partial charge is 0.238 e. The van der Waals surface area contributed by atoms with Crippen molar-refractivity contribution in [3.63, 3.8) is 0 Å². The van der Waals surface area contributed by atoms with E-state index >= 15 is 0 Å². The van der Waals surface area contributed by atoms with Gasteiger partial charge in [0.15, 0.2) is 0 Å². The Morgan fingerprint density at radius 3 is 2.78 bits per heavy atom. The Labute approximate surface area is 108 Å². The van der Waals surface area contributed by atoms with E-state index in [9.17, 15) is 4.79 Å². The molecule has 0 fully saturated rings. The fraction of sp³-hybridized carbons (Fsp3) is 0.500. The van der Waals surface area contributed by atoms with Gasteiger partial charge in [0.2, 0.25) is 5.91 Å². The Bertz CT molecular complexity index is 443. The van der Waals surface area contributed by atoms with Crippen molar-refractivity contribution >= 4 is 11.6 Å². The zero-order chi connectivity index (χ0) is 13.1. The summed E-state index contributed by atoms with van der Waals surface area (Å²) < 4.78 is 0. The van der Waals surface area contributed by atoms with Gasteiger partial charge in [-0.1, -0.05) is 19.9 Å². The first kappa shape index (κ1) is 13.1. The molecule has 1 heterocycles. The maximum Gasteiger partial charge on any atom is 0.238 e. The van der Waals surface area contributed by atoms with Gasteiger partial charge in [0, 0.05) is 25.3 Å². The molecule has 0 unspecified atom stereocenters. The summed E-state index contributed by atoms with van der Waals surface area (Å²) in [5, 5.41) is 2.79. The molecule has 1 aromatic carbocycles. The van der Waals surface area contributed by atoms with Crippen LogP contribution in [-0.4, -0.2) is 23.9 Å². The van der Waals surface area contributed by atoms with Crippen molar-refractivity contribution in [1.29, 1.82) is 0 Å². The lowest BCUT2D eigenvalue weighted by atomic mass is 10.1. The average Bonchev–Trinajstić information content (AvgIpc) is 2.69. The number of nitrogens with zero attached hydrogens (tertiary/aromatic N) is 1. The Morgan fingerprint density at radius 2 is 2.11 bits per heavy atom. The molecule has 3 N–H and O–H groups in total. The van der Waals surface area contributed by atoms with E-state index in [-0.39, 0.29) is 12.5 Å². The molecule has 1 aliphatic heterocycles. The third kappa shape index (κ3) is 3.09. The number of hydrogen-bond donors (Lipinski definition) is 2. The standard InChI is InChI=1S/C14H21N3O/c1-10(2)7-17-8-11-3-4-13(5-12(11)9-17)16-14(18)6-15/h3-5,10H,6-9,15H2,1-2H3,(H,16,18).